The highest BCUT2D eigenvalue weighted by molar-refractivity contribution is 7.89. The lowest BCUT2D eigenvalue weighted by atomic mass is 10.0. The molecule has 38 heavy (non-hydrogen) atoms. The smallest absolute Gasteiger partial charge is 0.270 e. The monoisotopic (exact) mass is 535 g/mol. The predicted octanol–water partition coefficient (Wildman–Crippen LogP) is 3.66. The van der Waals surface area contributed by atoms with Gasteiger partial charge in [0.25, 0.3) is 5.69 Å². The first-order valence-electron chi connectivity index (χ1n) is 11.4. The highest BCUT2D eigenvalue weighted by atomic mass is 32.2. The number of amides is 1. The van der Waals surface area contributed by atoms with Gasteiger partial charge in [-0.3, -0.25) is 14.9 Å². The van der Waals surface area contributed by atoms with Gasteiger partial charge in [-0.1, -0.05) is 30.3 Å². The highest BCUT2D eigenvalue weighted by Crippen LogP contribution is 2.33. The van der Waals surface area contributed by atoms with Crippen LogP contribution in [0, 0.1) is 10.1 Å². The van der Waals surface area contributed by atoms with Crippen molar-refractivity contribution in [2.24, 2.45) is 4.99 Å². The van der Waals surface area contributed by atoms with Crippen molar-refractivity contribution in [3.05, 3.63) is 94.0 Å². The number of rotatable bonds is 8. The third kappa shape index (κ3) is 5.26. The fourth-order valence-corrected chi connectivity index (χ4v) is 4.92. The van der Waals surface area contributed by atoms with Crippen LogP contribution in [0.2, 0.25) is 0 Å². The molecule has 0 atom stereocenters. The molecule has 11 nitrogen and oxygen atoms in total. The number of aliphatic imine (C=N–C) groups is 1. The lowest BCUT2D eigenvalue weighted by Crippen LogP contribution is -2.37. The summed E-state index contributed by atoms with van der Waals surface area (Å²) < 4.78 is 26.8. The molecule has 0 unspecified atom stereocenters. The Morgan fingerprint density at radius 1 is 1.03 bits per heavy atom. The number of aromatic nitrogens is 1. The number of fused-ring (bicyclic) bond motifs is 1. The minimum Gasteiger partial charge on any atom is -0.494 e. The van der Waals surface area contributed by atoms with Crippen LogP contribution in [0.25, 0.3) is 10.9 Å². The maximum Gasteiger partial charge on any atom is 0.270 e. The Labute approximate surface area is 218 Å². The van der Waals surface area contributed by atoms with Crippen LogP contribution in [-0.2, 0) is 14.8 Å². The standard InChI is InChI=1S/C26H25N5O6S/c1-29(2)23(32)16-30(3)38(36,37)20-12-9-18(10-13-20)27-25(17-7-5-4-6-8-17)24-21-15-19(31(34)35)11-14-22(21)28-26(24)33/h4-15,28,33H,16H2,1-3H3. The Morgan fingerprint density at radius 3 is 2.29 bits per heavy atom. The lowest BCUT2D eigenvalue weighted by Gasteiger charge is -2.19. The van der Waals surface area contributed by atoms with Gasteiger partial charge in [0.2, 0.25) is 15.9 Å². The number of carbonyl (C=O) groups excluding carboxylic acids is 1. The number of nitrogens with one attached hydrogen (secondary N) is 1. The van der Waals surface area contributed by atoms with Gasteiger partial charge in [0.05, 0.1) is 33.3 Å². The van der Waals surface area contributed by atoms with Gasteiger partial charge in [-0.15, -0.1) is 0 Å². The first-order chi connectivity index (χ1) is 18.0. The average Bonchev–Trinajstić information content (AvgIpc) is 3.22. The summed E-state index contributed by atoms with van der Waals surface area (Å²) >= 11 is 0. The normalized spacial score (nSPS) is 12.2. The second-order valence-electron chi connectivity index (χ2n) is 8.71. The van der Waals surface area contributed by atoms with Crippen LogP contribution in [0.4, 0.5) is 11.4 Å². The van der Waals surface area contributed by atoms with Gasteiger partial charge in [0.15, 0.2) is 5.88 Å². The fraction of sp³-hybridized carbons (Fsp3) is 0.154. The quantitative estimate of drug-likeness (QED) is 0.200. The number of sulfonamides is 1. The molecule has 0 bridgehead atoms. The number of nitro benzene ring substituents is 1. The van der Waals surface area contributed by atoms with Gasteiger partial charge < -0.3 is 15.0 Å². The zero-order chi connectivity index (χ0) is 27.6. The van der Waals surface area contributed by atoms with E-state index in [1.54, 1.807) is 38.4 Å². The number of non-ortho nitro benzene ring substituents is 1. The van der Waals surface area contributed by atoms with Crippen molar-refractivity contribution in [1.82, 2.24) is 14.2 Å². The Bertz CT molecular complexity index is 1640. The van der Waals surface area contributed by atoms with E-state index in [2.05, 4.69) is 4.98 Å². The van der Waals surface area contributed by atoms with Crippen molar-refractivity contribution in [3.63, 3.8) is 0 Å². The molecular formula is C26H25N5O6S. The summed E-state index contributed by atoms with van der Waals surface area (Å²) in [6.45, 7) is -0.306. The molecule has 3 aromatic carbocycles. The molecule has 0 aliphatic carbocycles. The summed E-state index contributed by atoms with van der Waals surface area (Å²) in [4.78, 5) is 31.6. The van der Waals surface area contributed by atoms with Crippen LogP contribution in [-0.4, -0.2) is 71.9 Å². The van der Waals surface area contributed by atoms with E-state index in [4.69, 9.17) is 4.99 Å². The van der Waals surface area contributed by atoms with E-state index >= 15 is 0 Å². The predicted molar refractivity (Wildman–Crippen MR) is 143 cm³/mol. The lowest BCUT2D eigenvalue weighted by molar-refractivity contribution is -0.384. The van der Waals surface area contributed by atoms with Crippen LogP contribution < -0.4 is 0 Å². The molecule has 0 aliphatic heterocycles. The first-order valence-corrected chi connectivity index (χ1v) is 12.8. The minimum atomic E-state index is -3.93. The summed E-state index contributed by atoms with van der Waals surface area (Å²) in [5, 5.41) is 22.6. The summed E-state index contributed by atoms with van der Waals surface area (Å²) in [5.41, 5.74) is 1.97. The molecule has 0 fully saturated rings. The number of carbonyl (C=O) groups is 1. The molecule has 1 amide bonds. The number of hydrogen-bond acceptors (Lipinski definition) is 7. The molecular weight excluding hydrogens is 510 g/mol. The van der Waals surface area contributed by atoms with Crippen molar-refractivity contribution in [3.8, 4) is 5.88 Å². The average molecular weight is 536 g/mol. The van der Waals surface area contributed by atoms with E-state index < -0.39 is 14.9 Å². The molecule has 1 aromatic heterocycles. The maximum atomic E-state index is 12.9. The summed E-state index contributed by atoms with van der Waals surface area (Å²) in [5.74, 6) is -0.571. The maximum absolute atomic E-state index is 12.9. The molecule has 0 spiro atoms. The molecule has 0 aliphatic rings. The zero-order valence-electron chi connectivity index (χ0n) is 20.8. The SMILES string of the molecule is CN(C)C(=O)CN(C)S(=O)(=O)c1ccc(N=C(c2ccccc2)c2c(O)[nH]c3ccc([N+](=O)[O-])cc23)cc1. The minimum absolute atomic E-state index is 0.0164. The third-order valence-corrected chi connectivity index (χ3v) is 7.72. The Morgan fingerprint density at radius 2 is 1.68 bits per heavy atom. The molecule has 196 valence electrons. The van der Waals surface area contributed by atoms with Gasteiger partial charge in [-0.05, 0) is 30.3 Å². The van der Waals surface area contributed by atoms with E-state index in [9.17, 15) is 28.4 Å². The van der Waals surface area contributed by atoms with Gasteiger partial charge in [-0.2, -0.15) is 4.31 Å². The molecule has 0 saturated carbocycles. The molecule has 4 aromatic rings. The summed E-state index contributed by atoms with van der Waals surface area (Å²) in [6.07, 6.45) is 0. The van der Waals surface area contributed by atoms with Crippen LogP contribution >= 0.6 is 0 Å². The second-order valence-corrected chi connectivity index (χ2v) is 10.8. The van der Waals surface area contributed by atoms with Gasteiger partial charge in [-0.25, -0.2) is 13.4 Å². The number of hydrogen-bond donors (Lipinski definition) is 2. The second kappa shape index (κ2) is 10.4. The van der Waals surface area contributed by atoms with Crippen LogP contribution in [0.5, 0.6) is 5.88 Å². The van der Waals surface area contributed by atoms with Crippen molar-refractivity contribution >= 4 is 43.9 Å². The van der Waals surface area contributed by atoms with E-state index in [1.807, 2.05) is 6.07 Å². The number of benzene rings is 3. The molecule has 0 saturated heterocycles. The number of likely N-dealkylation sites (N-methyl/N-ethyl adjacent to an activating group) is 2. The first kappa shape index (κ1) is 26.5. The number of aromatic hydroxyl groups is 1. The third-order valence-electron chi connectivity index (χ3n) is 5.90. The summed E-state index contributed by atoms with van der Waals surface area (Å²) in [6, 6.07) is 18.9. The number of nitro groups is 1. The largest absolute Gasteiger partial charge is 0.494 e. The Balaban J connectivity index is 1.79. The Hall–Kier alpha value is -4.55. The molecule has 4 rings (SSSR count). The van der Waals surface area contributed by atoms with Crippen LogP contribution in [0.15, 0.2) is 82.7 Å². The molecule has 2 N–H and O–H groups in total. The van der Waals surface area contributed by atoms with Gasteiger partial charge in [0.1, 0.15) is 0 Å². The van der Waals surface area contributed by atoms with E-state index in [1.165, 1.54) is 54.4 Å². The van der Waals surface area contributed by atoms with E-state index in [0.717, 1.165) is 4.31 Å². The van der Waals surface area contributed by atoms with Gasteiger partial charge in [0, 0.05) is 49.7 Å². The van der Waals surface area contributed by atoms with E-state index in [0.29, 0.717) is 27.9 Å². The number of aromatic amines is 1. The zero-order valence-corrected chi connectivity index (χ0v) is 21.6. The number of H-pyrrole nitrogens is 1. The molecule has 0 radical (unpaired) electrons. The van der Waals surface area contributed by atoms with Crippen molar-refractivity contribution < 1.29 is 23.2 Å². The van der Waals surface area contributed by atoms with Crippen molar-refractivity contribution in [2.75, 3.05) is 27.7 Å². The molecule has 12 heteroatoms. The van der Waals surface area contributed by atoms with Crippen LogP contribution in [0.1, 0.15) is 11.1 Å². The van der Waals surface area contributed by atoms with Gasteiger partial charge >= 0.3 is 0 Å². The fourth-order valence-electron chi connectivity index (χ4n) is 3.80. The van der Waals surface area contributed by atoms with Crippen LogP contribution in [0.3, 0.4) is 0 Å². The topological polar surface area (TPSA) is 149 Å². The van der Waals surface area contributed by atoms with E-state index in [-0.39, 0.29) is 34.5 Å². The molecule has 1 heterocycles. The summed E-state index contributed by atoms with van der Waals surface area (Å²) in [7, 11) is 0.491. The van der Waals surface area contributed by atoms with Crippen molar-refractivity contribution in [2.45, 2.75) is 4.90 Å². The number of nitrogens with zero attached hydrogens (tertiary/aromatic N) is 4. The Kier molecular flexibility index (Phi) is 7.28. The highest BCUT2D eigenvalue weighted by Gasteiger charge is 2.24. The van der Waals surface area contributed by atoms with Crippen molar-refractivity contribution in [1.29, 1.82) is 0 Å².